The van der Waals surface area contributed by atoms with Gasteiger partial charge in [0, 0.05) is 58.6 Å². The van der Waals surface area contributed by atoms with Gasteiger partial charge in [0.1, 0.15) is 11.0 Å². The van der Waals surface area contributed by atoms with Crippen LogP contribution in [0.5, 0.6) is 0 Å². The summed E-state index contributed by atoms with van der Waals surface area (Å²) in [5, 5.41) is 2.87. The molecule has 178 valence electrons. The van der Waals surface area contributed by atoms with Crippen molar-refractivity contribution < 1.29 is 0 Å². The van der Waals surface area contributed by atoms with Crippen molar-refractivity contribution in [3.63, 3.8) is 0 Å². The van der Waals surface area contributed by atoms with Crippen molar-refractivity contribution >= 4 is 68.9 Å². The van der Waals surface area contributed by atoms with Crippen molar-refractivity contribution in [1.82, 2.24) is 29.5 Å². The molecule has 0 spiro atoms. The first-order valence-electron chi connectivity index (χ1n) is 10.3. The van der Waals surface area contributed by atoms with Crippen LogP contribution in [0.25, 0.3) is 16.7 Å². The second-order valence-corrected chi connectivity index (χ2v) is 9.15. The number of nitrogens with one attached hydrogen (secondary N) is 1. The molecule has 4 heterocycles. The lowest BCUT2D eigenvalue weighted by Gasteiger charge is -2.16. The van der Waals surface area contributed by atoms with Crippen LogP contribution >= 0.6 is 58.0 Å². The lowest BCUT2D eigenvalue weighted by molar-refractivity contribution is 0.888. The second kappa shape index (κ2) is 11.9. The summed E-state index contributed by atoms with van der Waals surface area (Å²) in [6.45, 7) is 0. The summed E-state index contributed by atoms with van der Waals surface area (Å²) in [5.74, 6) is 0.816. The van der Waals surface area contributed by atoms with Gasteiger partial charge in [0.25, 0.3) is 0 Å². The lowest BCUT2D eigenvalue weighted by atomic mass is 10.0. The largest absolute Gasteiger partial charge is 0.368 e. The van der Waals surface area contributed by atoms with Gasteiger partial charge in [-0.05, 0) is 65.7 Å². The Labute approximate surface area is 226 Å². The zero-order valence-electron chi connectivity index (χ0n) is 18.0. The average molecular weight is 567 g/mol. The molecule has 0 atom stereocenters. The van der Waals surface area contributed by atoms with Gasteiger partial charge >= 0.3 is 0 Å². The number of aromatic nitrogens is 6. The third-order valence-electron chi connectivity index (χ3n) is 4.84. The van der Waals surface area contributed by atoms with Gasteiger partial charge < -0.3 is 9.55 Å². The van der Waals surface area contributed by atoms with Crippen molar-refractivity contribution in [1.29, 1.82) is 0 Å². The first-order valence-corrected chi connectivity index (χ1v) is 12.2. The van der Waals surface area contributed by atoms with E-state index < -0.39 is 0 Å². The van der Waals surface area contributed by atoms with E-state index in [0.29, 0.717) is 33.9 Å². The number of hydrogen-bond acceptors (Lipinski definition) is 4. The van der Waals surface area contributed by atoms with Gasteiger partial charge in [0.15, 0.2) is 0 Å². The van der Waals surface area contributed by atoms with E-state index in [1.807, 2.05) is 59.7 Å². The van der Waals surface area contributed by atoms with Crippen molar-refractivity contribution in [2.24, 2.45) is 0 Å². The number of nitrogens with zero attached hydrogens (tertiary/aromatic N) is 5. The maximum Gasteiger partial charge on any atom is 0.224 e. The Morgan fingerprint density at radius 1 is 0.800 bits per heavy atom. The molecule has 1 aliphatic carbocycles. The van der Waals surface area contributed by atoms with Crippen molar-refractivity contribution in [3.05, 3.63) is 110 Å². The molecule has 0 fully saturated rings. The number of H-pyrrole nitrogens is 1. The zero-order chi connectivity index (χ0) is 24.8. The Balaban J connectivity index is 0.000000141. The molecule has 6 nitrogen and oxygen atoms in total. The van der Waals surface area contributed by atoms with E-state index in [4.69, 9.17) is 58.0 Å². The summed E-state index contributed by atoms with van der Waals surface area (Å²) in [7, 11) is 0. The normalized spacial score (nSPS) is 12.1. The fourth-order valence-corrected chi connectivity index (χ4v) is 4.31. The Morgan fingerprint density at radius 2 is 1.51 bits per heavy atom. The first-order chi connectivity index (χ1) is 16.9. The monoisotopic (exact) mass is 564 g/mol. The van der Waals surface area contributed by atoms with Crippen LogP contribution in [0.3, 0.4) is 0 Å². The van der Waals surface area contributed by atoms with Crippen LogP contribution in [0, 0.1) is 0 Å². The highest BCUT2D eigenvalue weighted by molar-refractivity contribution is 6.37. The molecule has 1 aliphatic rings. The SMILES string of the molecule is ClC1=CCc2nc(Cl)nc(-n3cccc3)c2C1.Clc1ccc2nc(Cl)nc(Cl)c2c1.c1cc[nH]c1. The van der Waals surface area contributed by atoms with Crippen LogP contribution in [0.15, 0.2) is 78.4 Å². The van der Waals surface area contributed by atoms with Crippen LogP contribution in [0.1, 0.15) is 11.3 Å². The first kappa shape index (κ1) is 25.5. The van der Waals surface area contributed by atoms with E-state index in [9.17, 15) is 0 Å². The molecule has 1 aromatic carbocycles. The van der Waals surface area contributed by atoms with Gasteiger partial charge in [0.2, 0.25) is 10.6 Å². The molecule has 0 bridgehead atoms. The molecule has 0 saturated heterocycles. The summed E-state index contributed by atoms with van der Waals surface area (Å²) in [5.41, 5.74) is 2.70. The maximum atomic E-state index is 6.08. The number of fused-ring (bicyclic) bond motifs is 2. The van der Waals surface area contributed by atoms with Crippen molar-refractivity contribution in [2.45, 2.75) is 12.8 Å². The highest BCUT2D eigenvalue weighted by Crippen LogP contribution is 2.27. The standard InChI is InChI=1S/C12H9Cl2N3.C8H3Cl3N2.C4H5N/c13-8-3-4-10-9(7-8)11(16-12(14)15-10)17-5-1-2-6-17;9-4-1-2-6-5(3-4)7(10)13-8(11)12-6;1-2-4-5-3-1/h1-3,5-6H,4,7H2;1-3H;1-5H. The van der Waals surface area contributed by atoms with E-state index in [2.05, 4.69) is 24.9 Å². The van der Waals surface area contributed by atoms with Gasteiger partial charge in [0.05, 0.1) is 11.2 Å². The van der Waals surface area contributed by atoms with Gasteiger partial charge in [-0.25, -0.2) is 15.0 Å². The Bertz CT molecular complexity index is 1430. The van der Waals surface area contributed by atoms with Crippen LogP contribution in [-0.2, 0) is 12.8 Å². The van der Waals surface area contributed by atoms with E-state index in [1.54, 1.807) is 18.2 Å². The number of benzene rings is 1. The summed E-state index contributed by atoms with van der Waals surface area (Å²) in [6.07, 6.45) is 11.0. The van der Waals surface area contributed by atoms with Crippen LogP contribution in [0.2, 0.25) is 20.7 Å². The fraction of sp³-hybridized carbons (Fsp3) is 0.0833. The molecule has 0 unspecified atom stereocenters. The molecule has 5 aromatic rings. The minimum absolute atomic E-state index is 0.139. The molecule has 1 N–H and O–H groups in total. The van der Waals surface area contributed by atoms with Gasteiger partial charge in [-0.15, -0.1) is 0 Å². The molecular formula is C24H17Cl5N6. The molecule has 11 heteroatoms. The topological polar surface area (TPSA) is 72.3 Å². The summed E-state index contributed by atoms with van der Waals surface area (Å²) in [6, 6.07) is 13.0. The maximum absolute atomic E-state index is 6.08. The van der Waals surface area contributed by atoms with E-state index >= 15 is 0 Å². The molecule has 6 rings (SSSR count). The van der Waals surface area contributed by atoms with Crippen molar-refractivity contribution in [3.8, 4) is 5.82 Å². The highest BCUT2D eigenvalue weighted by Gasteiger charge is 2.18. The van der Waals surface area contributed by atoms with Crippen LogP contribution < -0.4 is 0 Å². The van der Waals surface area contributed by atoms with Gasteiger partial charge in [-0.1, -0.05) is 40.9 Å². The van der Waals surface area contributed by atoms with Gasteiger partial charge in [-0.2, -0.15) is 4.98 Å². The predicted molar refractivity (Wildman–Crippen MR) is 143 cm³/mol. The minimum atomic E-state index is 0.139. The number of halogens is 5. The predicted octanol–water partition coefficient (Wildman–Crippen LogP) is 7.75. The molecule has 0 saturated carbocycles. The summed E-state index contributed by atoms with van der Waals surface area (Å²) >= 11 is 29.3. The van der Waals surface area contributed by atoms with Crippen molar-refractivity contribution in [2.75, 3.05) is 0 Å². The van der Waals surface area contributed by atoms with Crippen LogP contribution in [-0.4, -0.2) is 29.5 Å². The second-order valence-electron chi connectivity index (χ2n) is 7.19. The Hall–Kier alpha value is -2.61. The number of hydrogen-bond donors (Lipinski definition) is 1. The third kappa shape index (κ3) is 6.75. The molecule has 0 amide bonds. The molecule has 0 radical (unpaired) electrons. The summed E-state index contributed by atoms with van der Waals surface area (Å²) in [4.78, 5) is 19.2. The zero-order valence-corrected chi connectivity index (χ0v) is 21.7. The van der Waals surface area contributed by atoms with Crippen LogP contribution in [0.4, 0.5) is 0 Å². The molecule has 4 aromatic heterocycles. The Morgan fingerprint density at radius 3 is 2.20 bits per heavy atom. The van der Waals surface area contributed by atoms with Gasteiger partial charge in [-0.3, -0.25) is 0 Å². The smallest absolute Gasteiger partial charge is 0.224 e. The fourth-order valence-electron chi connectivity index (χ4n) is 3.29. The number of rotatable bonds is 1. The number of allylic oxidation sites excluding steroid dienone is 2. The highest BCUT2D eigenvalue weighted by atomic mass is 35.5. The summed E-state index contributed by atoms with van der Waals surface area (Å²) < 4.78 is 1.93. The Kier molecular flexibility index (Phi) is 8.65. The number of aromatic amines is 1. The molecule has 0 aliphatic heterocycles. The molecular weight excluding hydrogens is 550 g/mol. The van der Waals surface area contributed by atoms with E-state index in [-0.39, 0.29) is 10.6 Å². The van der Waals surface area contributed by atoms with E-state index in [1.165, 1.54) is 0 Å². The average Bonchev–Trinajstić information content (AvgIpc) is 3.57. The quantitative estimate of drug-likeness (QED) is 0.166. The lowest BCUT2D eigenvalue weighted by Crippen LogP contribution is -2.11. The van der Waals surface area contributed by atoms with E-state index in [0.717, 1.165) is 22.1 Å². The minimum Gasteiger partial charge on any atom is -0.368 e. The molecule has 35 heavy (non-hydrogen) atoms. The third-order valence-corrected chi connectivity index (χ3v) is 5.98.